The van der Waals surface area contributed by atoms with Gasteiger partial charge in [-0.15, -0.1) is 0 Å². The van der Waals surface area contributed by atoms with Crippen LogP contribution in [0.25, 0.3) is 0 Å². The lowest BCUT2D eigenvalue weighted by Crippen LogP contribution is -2.36. The molecule has 3 rings (SSSR count). The van der Waals surface area contributed by atoms with E-state index in [1.54, 1.807) is 6.07 Å². The molecule has 0 saturated carbocycles. The van der Waals surface area contributed by atoms with Gasteiger partial charge in [0, 0.05) is 31.3 Å². The summed E-state index contributed by atoms with van der Waals surface area (Å²) in [6.45, 7) is 0.697. The summed E-state index contributed by atoms with van der Waals surface area (Å²) in [5.41, 5.74) is 1.03. The van der Waals surface area contributed by atoms with E-state index in [1.165, 1.54) is 36.4 Å². The van der Waals surface area contributed by atoms with Gasteiger partial charge in [-0.05, 0) is 29.8 Å². The highest BCUT2D eigenvalue weighted by Gasteiger charge is 2.28. The summed E-state index contributed by atoms with van der Waals surface area (Å²) in [6, 6.07) is 10.1. The lowest BCUT2D eigenvalue weighted by molar-refractivity contribution is -0.384. The van der Waals surface area contributed by atoms with Crippen molar-refractivity contribution in [1.29, 1.82) is 0 Å². The van der Waals surface area contributed by atoms with Crippen molar-refractivity contribution in [2.75, 3.05) is 37.8 Å². The quantitative estimate of drug-likeness (QED) is 0.526. The molecule has 2 aromatic rings. The van der Waals surface area contributed by atoms with Gasteiger partial charge in [-0.3, -0.25) is 14.9 Å². The molecule has 0 radical (unpaired) electrons. The number of rotatable bonds is 7. The molecule has 1 amide bonds. The Morgan fingerprint density at radius 1 is 1.16 bits per heavy atom. The Hall–Kier alpha value is -3.34. The molecule has 0 aromatic heterocycles. The molecule has 0 aliphatic carbocycles. The van der Waals surface area contributed by atoms with Crippen LogP contribution in [-0.4, -0.2) is 49.9 Å². The molecule has 2 aromatic carbocycles. The Morgan fingerprint density at radius 3 is 2.45 bits per heavy atom. The molecule has 8 nitrogen and oxygen atoms in total. The van der Waals surface area contributed by atoms with E-state index in [0.717, 1.165) is 0 Å². The van der Waals surface area contributed by atoms with E-state index < -0.39 is 23.6 Å². The Morgan fingerprint density at radius 2 is 1.84 bits per heavy atom. The molecule has 1 fully saturated rings. The molecule has 0 bridgehead atoms. The second-order valence-electron chi connectivity index (χ2n) is 6.79. The molecule has 1 heterocycles. The zero-order valence-corrected chi connectivity index (χ0v) is 16.4. The molecule has 1 saturated heterocycles. The van der Waals surface area contributed by atoms with Gasteiger partial charge in [-0.25, -0.2) is 0 Å². The number of benzene rings is 2. The summed E-state index contributed by atoms with van der Waals surface area (Å²) in [4.78, 5) is 25.3. The number of hydrogen-bond acceptors (Lipinski definition) is 6. The minimum absolute atomic E-state index is 0.0572. The largest absolute Gasteiger partial charge is 0.484 e. The standard InChI is InChI=1S/C20H20F3N3O5/c21-20(22,23)13-31-16-4-1-14(2-5-16)12-24-19(27)15-3-6-17(18(11-15)26(28)29)25-7-9-30-10-8-25/h1-6,11H,7-10,12-13H2,(H,24,27). The summed E-state index contributed by atoms with van der Waals surface area (Å²) in [7, 11) is 0. The maximum absolute atomic E-state index is 12.4. The average molecular weight is 439 g/mol. The van der Waals surface area contributed by atoms with Gasteiger partial charge in [-0.2, -0.15) is 13.2 Å². The maximum atomic E-state index is 12.4. The molecular formula is C20H20F3N3O5. The summed E-state index contributed by atoms with van der Waals surface area (Å²) in [5.74, 6) is -0.448. The Labute approximate surface area is 175 Å². The van der Waals surface area contributed by atoms with Crippen LogP contribution >= 0.6 is 0 Å². The molecule has 166 valence electrons. The minimum Gasteiger partial charge on any atom is -0.484 e. The van der Waals surface area contributed by atoms with Crippen molar-refractivity contribution in [2.45, 2.75) is 12.7 Å². The van der Waals surface area contributed by atoms with Crippen molar-refractivity contribution in [3.63, 3.8) is 0 Å². The molecule has 0 spiro atoms. The van der Waals surface area contributed by atoms with E-state index >= 15 is 0 Å². The van der Waals surface area contributed by atoms with Gasteiger partial charge in [0.2, 0.25) is 0 Å². The van der Waals surface area contributed by atoms with Gasteiger partial charge in [0.25, 0.3) is 11.6 Å². The highest BCUT2D eigenvalue weighted by molar-refractivity contribution is 5.95. The molecule has 31 heavy (non-hydrogen) atoms. The van der Waals surface area contributed by atoms with Crippen molar-refractivity contribution in [1.82, 2.24) is 5.32 Å². The molecule has 0 unspecified atom stereocenters. The van der Waals surface area contributed by atoms with E-state index in [0.29, 0.717) is 37.6 Å². The Bertz CT molecular complexity index is 929. The van der Waals surface area contributed by atoms with E-state index in [-0.39, 0.29) is 23.5 Å². The zero-order valence-electron chi connectivity index (χ0n) is 16.4. The van der Waals surface area contributed by atoms with Gasteiger partial charge >= 0.3 is 6.18 Å². The van der Waals surface area contributed by atoms with Gasteiger partial charge in [-0.1, -0.05) is 12.1 Å². The number of nitro benzene ring substituents is 1. The number of ether oxygens (including phenoxy) is 2. The summed E-state index contributed by atoms with van der Waals surface area (Å²) in [5, 5.41) is 14.1. The maximum Gasteiger partial charge on any atom is 0.422 e. The fourth-order valence-electron chi connectivity index (χ4n) is 3.04. The van der Waals surface area contributed by atoms with E-state index in [9.17, 15) is 28.1 Å². The second-order valence-corrected chi connectivity index (χ2v) is 6.79. The number of alkyl halides is 3. The molecule has 0 atom stereocenters. The number of morpholine rings is 1. The molecule has 1 aliphatic rings. The normalized spacial score (nSPS) is 14.2. The number of hydrogen-bond donors (Lipinski definition) is 1. The van der Waals surface area contributed by atoms with Gasteiger partial charge in [0.1, 0.15) is 11.4 Å². The van der Waals surface area contributed by atoms with E-state index in [4.69, 9.17) is 4.74 Å². The smallest absolute Gasteiger partial charge is 0.422 e. The average Bonchev–Trinajstić information content (AvgIpc) is 2.76. The number of nitrogens with zero attached hydrogens (tertiary/aromatic N) is 2. The molecular weight excluding hydrogens is 419 g/mol. The van der Waals surface area contributed by atoms with Gasteiger partial charge < -0.3 is 19.7 Å². The predicted molar refractivity (Wildman–Crippen MR) is 105 cm³/mol. The number of amides is 1. The third-order valence-corrected chi connectivity index (χ3v) is 4.56. The number of carbonyl (C=O) groups is 1. The van der Waals surface area contributed by atoms with E-state index in [1.807, 2.05) is 4.90 Å². The van der Waals surface area contributed by atoms with Crippen LogP contribution in [-0.2, 0) is 11.3 Å². The van der Waals surface area contributed by atoms with Crippen molar-refractivity contribution >= 4 is 17.3 Å². The highest BCUT2D eigenvalue weighted by Crippen LogP contribution is 2.30. The van der Waals surface area contributed by atoms with Crippen LogP contribution in [0.1, 0.15) is 15.9 Å². The Balaban J connectivity index is 1.62. The van der Waals surface area contributed by atoms with Crippen molar-refractivity contribution in [3.05, 3.63) is 63.7 Å². The van der Waals surface area contributed by atoms with Gasteiger partial charge in [0.05, 0.1) is 18.1 Å². The number of carbonyl (C=O) groups excluding carboxylic acids is 1. The van der Waals surface area contributed by atoms with Crippen molar-refractivity contribution < 1.29 is 32.4 Å². The number of anilines is 1. The first-order valence-electron chi connectivity index (χ1n) is 9.41. The lowest BCUT2D eigenvalue weighted by atomic mass is 10.1. The van der Waals surface area contributed by atoms with Crippen LogP contribution in [0.5, 0.6) is 5.75 Å². The van der Waals surface area contributed by atoms with Crippen LogP contribution in [0.4, 0.5) is 24.5 Å². The topological polar surface area (TPSA) is 93.9 Å². The van der Waals surface area contributed by atoms with Crippen molar-refractivity contribution in [3.8, 4) is 5.75 Å². The summed E-state index contributed by atoms with van der Waals surface area (Å²) >= 11 is 0. The highest BCUT2D eigenvalue weighted by atomic mass is 19.4. The summed E-state index contributed by atoms with van der Waals surface area (Å²) < 4.78 is 46.4. The van der Waals surface area contributed by atoms with Crippen LogP contribution in [0.2, 0.25) is 0 Å². The fraction of sp³-hybridized carbons (Fsp3) is 0.350. The van der Waals surface area contributed by atoms with Crippen LogP contribution < -0.4 is 15.0 Å². The van der Waals surface area contributed by atoms with Gasteiger partial charge in [0.15, 0.2) is 6.61 Å². The third-order valence-electron chi connectivity index (χ3n) is 4.56. The third kappa shape index (κ3) is 6.32. The van der Waals surface area contributed by atoms with Crippen molar-refractivity contribution in [2.24, 2.45) is 0 Å². The first-order chi connectivity index (χ1) is 14.7. The monoisotopic (exact) mass is 439 g/mol. The van der Waals surface area contributed by atoms with Crippen LogP contribution in [0.3, 0.4) is 0 Å². The minimum atomic E-state index is -4.42. The molecule has 11 heteroatoms. The Kier molecular flexibility index (Phi) is 6.95. The summed E-state index contributed by atoms with van der Waals surface area (Å²) in [6.07, 6.45) is -4.42. The second kappa shape index (κ2) is 9.65. The first kappa shape index (κ1) is 22.3. The zero-order chi connectivity index (χ0) is 22.4. The number of nitro groups is 1. The first-order valence-corrected chi connectivity index (χ1v) is 9.41. The van der Waals surface area contributed by atoms with Crippen LogP contribution in [0.15, 0.2) is 42.5 Å². The SMILES string of the molecule is O=C(NCc1ccc(OCC(F)(F)F)cc1)c1ccc(N2CCOCC2)c([N+](=O)[O-])c1. The number of nitrogens with one attached hydrogen (secondary N) is 1. The van der Waals surface area contributed by atoms with Crippen LogP contribution in [0, 0.1) is 10.1 Å². The van der Waals surface area contributed by atoms with E-state index in [2.05, 4.69) is 10.1 Å². The predicted octanol–water partition coefficient (Wildman–Crippen LogP) is 3.30. The molecule has 1 aliphatic heterocycles. The molecule has 1 N–H and O–H groups in total. The fourth-order valence-corrected chi connectivity index (χ4v) is 3.04. The lowest BCUT2D eigenvalue weighted by Gasteiger charge is -2.28. The number of halogens is 3.